The summed E-state index contributed by atoms with van der Waals surface area (Å²) in [6.45, 7) is 3.01. The second-order valence-corrected chi connectivity index (χ2v) is 5.02. The summed E-state index contributed by atoms with van der Waals surface area (Å²) in [4.78, 5) is 4.33. The van der Waals surface area contributed by atoms with Crippen LogP contribution in [0.25, 0.3) is 0 Å². The molecule has 0 spiro atoms. The number of nitrogens with two attached hydrogens (primary N) is 1. The lowest BCUT2D eigenvalue weighted by molar-refractivity contribution is 0.414. The van der Waals surface area contributed by atoms with E-state index >= 15 is 0 Å². The third-order valence-corrected chi connectivity index (χ3v) is 3.44. The minimum atomic E-state index is 0.123. The van der Waals surface area contributed by atoms with Crippen LogP contribution in [0.3, 0.4) is 0 Å². The van der Waals surface area contributed by atoms with E-state index in [4.69, 9.17) is 10.6 Å². The molecule has 0 radical (unpaired) electrons. The topological polar surface area (TPSA) is 78.0 Å². The van der Waals surface area contributed by atoms with Crippen molar-refractivity contribution in [2.45, 2.75) is 38.8 Å². The summed E-state index contributed by atoms with van der Waals surface area (Å²) in [6.07, 6.45) is 4.23. The van der Waals surface area contributed by atoms with E-state index in [-0.39, 0.29) is 6.04 Å². The molecule has 1 unspecified atom stereocenters. The van der Waals surface area contributed by atoms with Gasteiger partial charge in [-0.2, -0.15) is 5.10 Å². The molecule has 0 saturated heterocycles. The Bertz CT molecular complexity index is 537. The molecular weight excluding hydrogens is 266 g/mol. The van der Waals surface area contributed by atoms with Gasteiger partial charge in [-0.25, -0.2) is 4.98 Å². The zero-order chi connectivity index (χ0) is 15.1. The van der Waals surface area contributed by atoms with Crippen LogP contribution in [0.15, 0.2) is 30.6 Å². The van der Waals surface area contributed by atoms with Crippen LogP contribution in [0.2, 0.25) is 0 Å². The molecule has 0 aliphatic carbocycles. The van der Waals surface area contributed by atoms with Crippen LogP contribution in [0, 0.1) is 0 Å². The molecule has 6 heteroatoms. The van der Waals surface area contributed by atoms with Gasteiger partial charge in [-0.3, -0.25) is 16.0 Å². The van der Waals surface area contributed by atoms with E-state index in [1.807, 2.05) is 16.8 Å². The number of nitrogens with zero attached hydrogens (tertiary/aromatic N) is 3. The van der Waals surface area contributed by atoms with Crippen molar-refractivity contribution in [2.24, 2.45) is 5.84 Å². The second-order valence-electron chi connectivity index (χ2n) is 5.02. The van der Waals surface area contributed by atoms with Crippen molar-refractivity contribution >= 4 is 0 Å². The molecule has 6 nitrogen and oxygen atoms in total. The van der Waals surface area contributed by atoms with Crippen LogP contribution in [0.4, 0.5) is 0 Å². The zero-order valence-corrected chi connectivity index (χ0v) is 12.6. The highest BCUT2D eigenvalue weighted by Gasteiger charge is 2.13. The number of benzene rings is 1. The summed E-state index contributed by atoms with van der Waals surface area (Å²) in [5, 5.41) is 4.24. The quantitative estimate of drug-likeness (QED) is 0.566. The van der Waals surface area contributed by atoms with Crippen LogP contribution < -0.4 is 16.0 Å². The predicted octanol–water partition coefficient (Wildman–Crippen LogP) is 1.31. The summed E-state index contributed by atoms with van der Waals surface area (Å²) >= 11 is 0. The van der Waals surface area contributed by atoms with Crippen LogP contribution in [-0.2, 0) is 19.4 Å². The maximum atomic E-state index is 5.69. The zero-order valence-electron chi connectivity index (χ0n) is 12.6. The molecule has 2 rings (SSSR count). The van der Waals surface area contributed by atoms with E-state index in [1.165, 1.54) is 5.56 Å². The number of rotatable bonds is 8. The molecule has 2 aromatic rings. The fraction of sp³-hybridized carbons (Fsp3) is 0.467. The molecule has 1 aromatic heterocycles. The molecular formula is C15H23N5O. The second kappa shape index (κ2) is 7.75. The standard InChI is InChI=1S/C15H23N5O/c1-3-8-20-15(17-11-18-20)10-13(19-16)9-12-4-6-14(21-2)7-5-12/h4-7,11,13,19H,3,8-10,16H2,1-2H3. The number of hydrazine groups is 1. The highest BCUT2D eigenvalue weighted by atomic mass is 16.5. The third-order valence-electron chi connectivity index (χ3n) is 3.44. The average molecular weight is 289 g/mol. The monoisotopic (exact) mass is 289 g/mol. The maximum Gasteiger partial charge on any atom is 0.138 e. The number of nitrogens with one attached hydrogen (secondary N) is 1. The Kier molecular flexibility index (Phi) is 5.71. The van der Waals surface area contributed by atoms with E-state index < -0.39 is 0 Å². The Morgan fingerprint density at radius 2 is 2.05 bits per heavy atom. The highest BCUT2D eigenvalue weighted by molar-refractivity contribution is 5.27. The normalized spacial score (nSPS) is 12.3. The molecule has 0 amide bonds. The Morgan fingerprint density at radius 3 is 2.67 bits per heavy atom. The van der Waals surface area contributed by atoms with Crippen molar-refractivity contribution in [3.63, 3.8) is 0 Å². The van der Waals surface area contributed by atoms with E-state index in [0.29, 0.717) is 0 Å². The van der Waals surface area contributed by atoms with Crippen molar-refractivity contribution < 1.29 is 4.74 Å². The Balaban J connectivity index is 2.00. The van der Waals surface area contributed by atoms with Gasteiger partial charge in [0.1, 0.15) is 17.9 Å². The van der Waals surface area contributed by atoms with Crippen molar-refractivity contribution in [1.29, 1.82) is 0 Å². The number of aryl methyl sites for hydroxylation is 1. The fourth-order valence-electron chi connectivity index (χ4n) is 2.30. The number of methoxy groups -OCH3 is 1. The number of hydrogen-bond donors (Lipinski definition) is 2. The first-order chi connectivity index (χ1) is 10.3. The van der Waals surface area contributed by atoms with Gasteiger partial charge in [0.25, 0.3) is 0 Å². The minimum absolute atomic E-state index is 0.123. The lowest BCUT2D eigenvalue weighted by Crippen LogP contribution is -2.39. The Labute approximate surface area is 125 Å². The molecule has 114 valence electrons. The first-order valence-corrected chi connectivity index (χ1v) is 7.22. The average Bonchev–Trinajstić information content (AvgIpc) is 2.95. The highest BCUT2D eigenvalue weighted by Crippen LogP contribution is 2.13. The van der Waals surface area contributed by atoms with Gasteiger partial charge in [-0.1, -0.05) is 19.1 Å². The van der Waals surface area contributed by atoms with Crippen molar-refractivity contribution in [2.75, 3.05) is 7.11 Å². The van der Waals surface area contributed by atoms with Gasteiger partial charge < -0.3 is 4.74 Å². The van der Waals surface area contributed by atoms with Crippen molar-refractivity contribution in [3.05, 3.63) is 42.0 Å². The van der Waals surface area contributed by atoms with Crippen molar-refractivity contribution in [1.82, 2.24) is 20.2 Å². The molecule has 1 aromatic carbocycles. The molecule has 0 saturated carbocycles. The van der Waals surface area contributed by atoms with Crippen molar-refractivity contribution in [3.8, 4) is 5.75 Å². The van der Waals surface area contributed by atoms with Crippen LogP contribution in [0.1, 0.15) is 24.7 Å². The molecule has 1 heterocycles. The third kappa shape index (κ3) is 4.27. The molecule has 21 heavy (non-hydrogen) atoms. The summed E-state index contributed by atoms with van der Waals surface area (Å²) in [5.74, 6) is 7.51. The minimum Gasteiger partial charge on any atom is -0.497 e. The largest absolute Gasteiger partial charge is 0.497 e. The Morgan fingerprint density at radius 1 is 1.29 bits per heavy atom. The lowest BCUT2D eigenvalue weighted by Gasteiger charge is -2.16. The van der Waals surface area contributed by atoms with Gasteiger partial charge in [-0.15, -0.1) is 0 Å². The summed E-state index contributed by atoms with van der Waals surface area (Å²) in [7, 11) is 1.67. The summed E-state index contributed by atoms with van der Waals surface area (Å²) in [6, 6.07) is 8.16. The first-order valence-electron chi connectivity index (χ1n) is 7.22. The summed E-state index contributed by atoms with van der Waals surface area (Å²) in [5.41, 5.74) is 4.08. The van der Waals surface area contributed by atoms with Gasteiger partial charge in [0, 0.05) is 19.0 Å². The van der Waals surface area contributed by atoms with Gasteiger partial charge in [0.15, 0.2) is 0 Å². The Hall–Kier alpha value is -1.92. The lowest BCUT2D eigenvalue weighted by atomic mass is 10.0. The number of aromatic nitrogens is 3. The van der Waals surface area contributed by atoms with Gasteiger partial charge in [-0.05, 0) is 30.5 Å². The van der Waals surface area contributed by atoms with E-state index in [2.05, 4.69) is 34.6 Å². The predicted molar refractivity (Wildman–Crippen MR) is 81.8 cm³/mol. The SMILES string of the molecule is CCCn1ncnc1CC(Cc1ccc(OC)cc1)NN. The molecule has 0 fully saturated rings. The summed E-state index contributed by atoms with van der Waals surface area (Å²) < 4.78 is 7.11. The first kappa shape index (κ1) is 15.5. The van der Waals surface area contributed by atoms with E-state index in [0.717, 1.165) is 37.4 Å². The molecule has 0 aliphatic rings. The molecule has 0 bridgehead atoms. The number of hydrogen-bond acceptors (Lipinski definition) is 5. The van der Waals surface area contributed by atoms with Crippen LogP contribution >= 0.6 is 0 Å². The van der Waals surface area contributed by atoms with Gasteiger partial charge >= 0.3 is 0 Å². The van der Waals surface area contributed by atoms with Gasteiger partial charge in [0.05, 0.1) is 7.11 Å². The van der Waals surface area contributed by atoms with Crippen LogP contribution in [0.5, 0.6) is 5.75 Å². The van der Waals surface area contributed by atoms with E-state index in [9.17, 15) is 0 Å². The molecule has 3 N–H and O–H groups in total. The molecule has 1 atom stereocenters. The maximum absolute atomic E-state index is 5.69. The smallest absolute Gasteiger partial charge is 0.138 e. The number of ether oxygens (including phenoxy) is 1. The fourth-order valence-corrected chi connectivity index (χ4v) is 2.30. The van der Waals surface area contributed by atoms with Crippen LogP contribution in [-0.4, -0.2) is 27.9 Å². The van der Waals surface area contributed by atoms with E-state index in [1.54, 1.807) is 13.4 Å². The van der Waals surface area contributed by atoms with Gasteiger partial charge in [0.2, 0.25) is 0 Å². The molecule has 0 aliphatic heterocycles.